The summed E-state index contributed by atoms with van der Waals surface area (Å²) in [5, 5.41) is 11.5. The smallest absolute Gasteiger partial charge is 0.239 e. The molecule has 0 heterocycles. The highest BCUT2D eigenvalue weighted by molar-refractivity contribution is 5.85. The van der Waals surface area contributed by atoms with Crippen molar-refractivity contribution >= 4 is 11.8 Å². The summed E-state index contributed by atoms with van der Waals surface area (Å²) in [6.07, 6.45) is 3.23. The van der Waals surface area contributed by atoms with Crippen molar-refractivity contribution in [2.24, 2.45) is 0 Å². The zero-order chi connectivity index (χ0) is 17.6. The number of hydrogen-bond acceptors (Lipinski definition) is 4. The first-order valence-corrected chi connectivity index (χ1v) is 8.30. The lowest BCUT2D eigenvalue weighted by Gasteiger charge is -2.17. The van der Waals surface area contributed by atoms with Crippen molar-refractivity contribution in [3.8, 4) is 0 Å². The molecule has 0 radical (unpaired) electrons. The highest BCUT2D eigenvalue weighted by Gasteiger charge is 2.12. The summed E-state index contributed by atoms with van der Waals surface area (Å²) in [6.45, 7) is 7.11. The summed E-state index contributed by atoms with van der Waals surface area (Å²) in [7, 11) is 0. The minimum absolute atomic E-state index is 0.00326. The van der Waals surface area contributed by atoms with Crippen molar-refractivity contribution in [1.29, 1.82) is 0 Å². The number of carbonyl (C=O) groups is 2. The molecule has 0 aliphatic heterocycles. The Morgan fingerprint density at radius 2 is 1.88 bits per heavy atom. The molecule has 6 nitrogen and oxygen atoms in total. The molecule has 0 fully saturated rings. The fraction of sp³-hybridized carbons (Fsp3) is 0.444. The molecule has 2 amide bonds. The van der Waals surface area contributed by atoms with Crippen LogP contribution in [-0.4, -0.2) is 44.0 Å². The Labute approximate surface area is 144 Å². The topological polar surface area (TPSA) is 82.3 Å². The van der Waals surface area contributed by atoms with Gasteiger partial charge < -0.3 is 21.3 Å². The van der Waals surface area contributed by atoms with Crippen molar-refractivity contribution in [2.45, 2.75) is 25.8 Å². The summed E-state index contributed by atoms with van der Waals surface area (Å²) >= 11 is 0. The van der Waals surface area contributed by atoms with E-state index in [1.807, 2.05) is 37.3 Å². The molecule has 0 aliphatic rings. The second kappa shape index (κ2) is 12.1. The Balaban J connectivity index is 2.21. The molecule has 6 heteroatoms. The molecular formula is C18H28N4O2. The highest BCUT2D eigenvalue weighted by Crippen LogP contribution is 2.05. The van der Waals surface area contributed by atoms with Crippen LogP contribution in [-0.2, 0) is 16.0 Å². The van der Waals surface area contributed by atoms with Gasteiger partial charge in [-0.15, -0.1) is 0 Å². The predicted octanol–water partition coefficient (Wildman–Crippen LogP) is 0.563. The van der Waals surface area contributed by atoms with Gasteiger partial charge in [0.1, 0.15) is 0 Å². The van der Waals surface area contributed by atoms with Crippen LogP contribution in [0.15, 0.2) is 43.1 Å². The van der Waals surface area contributed by atoms with Crippen LogP contribution in [0.5, 0.6) is 0 Å². The molecule has 24 heavy (non-hydrogen) atoms. The van der Waals surface area contributed by atoms with Crippen molar-refractivity contribution < 1.29 is 9.59 Å². The third-order valence-electron chi connectivity index (χ3n) is 3.50. The zero-order valence-corrected chi connectivity index (χ0v) is 14.3. The van der Waals surface area contributed by atoms with Crippen LogP contribution in [0.2, 0.25) is 0 Å². The molecule has 0 aliphatic carbocycles. The van der Waals surface area contributed by atoms with E-state index in [2.05, 4.69) is 27.8 Å². The lowest BCUT2D eigenvalue weighted by Crippen LogP contribution is -2.44. The van der Waals surface area contributed by atoms with Crippen molar-refractivity contribution in [2.75, 3.05) is 26.2 Å². The standard InChI is InChI=1S/C18H28N4O2/c1-3-16(12-15-8-6-5-7-9-15)22-18(24)14-21-17(23)13-20-11-10-19-4-2/h4-9,16,19-20H,2-3,10-14H2,1H3,(H,21,23)(H,22,24). The number of amides is 2. The Hall–Kier alpha value is -2.34. The molecule has 1 aromatic carbocycles. The van der Waals surface area contributed by atoms with E-state index in [0.717, 1.165) is 12.8 Å². The molecular weight excluding hydrogens is 304 g/mol. The van der Waals surface area contributed by atoms with Gasteiger partial charge in [-0.05, 0) is 24.6 Å². The van der Waals surface area contributed by atoms with E-state index in [0.29, 0.717) is 13.1 Å². The lowest BCUT2D eigenvalue weighted by atomic mass is 10.0. The number of nitrogens with one attached hydrogen (secondary N) is 4. The molecule has 1 aromatic rings. The average Bonchev–Trinajstić information content (AvgIpc) is 2.60. The highest BCUT2D eigenvalue weighted by atomic mass is 16.2. The number of benzene rings is 1. The molecule has 4 N–H and O–H groups in total. The normalized spacial score (nSPS) is 11.4. The van der Waals surface area contributed by atoms with Gasteiger partial charge in [-0.1, -0.05) is 43.8 Å². The maximum absolute atomic E-state index is 12.0. The van der Waals surface area contributed by atoms with Crippen LogP contribution >= 0.6 is 0 Å². The molecule has 0 bridgehead atoms. The Bertz CT molecular complexity index is 505. The van der Waals surface area contributed by atoms with Crippen molar-refractivity contribution in [3.05, 3.63) is 48.7 Å². The minimum atomic E-state index is -0.195. The van der Waals surface area contributed by atoms with Gasteiger partial charge in [0.2, 0.25) is 11.8 Å². The Morgan fingerprint density at radius 1 is 1.12 bits per heavy atom. The Kier molecular flexibility index (Phi) is 9.96. The van der Waals surface area contributed by atoms with Crippen LogP contribution in [0.1, 0.15) is 18.9 Å². The molecule has 0 saturated carbocycles. The quantitative estimate of drug-likeness (QED) is 0.422. The fourth-order valence-electron chi connectivity index (χ4n) is 2.18. The maximum Gasteiger partial charge on any atom is 0.239 e. The van der Waals surface area contributed by atoms with E-state index in [1.54, 1.807) is 6.20 Å². The summed E-state index contributed by atoms with van der Waals surface area (Å²) < 4.78 is 0. The first kappa shape index (κ1) is 19.7. The SMILES string of the molecule is C=CNCCNCC(=O)NCC(=O)NC(CC)Cc1ccccc1. The average molecular weight is 332 g/mol. The molecule has 132 valence electrons. The van der Waals surface area contributed by atoms with Crippen molar-refractivity contribution in [3.63, 3.8) is 0 Å². The first-order chi connectivity index (χ1) is 11.7. The van der Waals surface area contributed by atoms with Crippen LogP contribution < -0.4 is 21.3 Å². The predicted molar refractivity (Wildman–Crippen MR) is 96.4 cm³/mol. The zero-order valence-electron chi connectivity index (χ0n) is 14.3. The number of rotatable bonds is 12. The molecule has 0 aromatic heterocycles. The largest absolute Gasteiger partial charge is 0.390 e. The molecule has 1 rings (SSSR count). The van der Waals surface area contributed by atoms with Crippen LogP contribution in [0.25, 0.3) is 0 Å². The summed E-state index contributed by atoms with van der Waals surface area (Å²) in [5.41, 5.74) is 1.19. The summed E-state index contributed by atoms with van der Waals surface area (Å²) in [5.74, 6) is -0.362. The van der Waals surface area contributed by atoms with Gasteiger partial charge >= 0.3 is 0 Å². The van der Waals surface area contributed by atoms with Gasteiger partial charge in [0.05, 0.1) is 13.1 Å². The van der Waals surface area contributed by atoms with Gasteiger partial charge in [0.25, 0.3) is 0 Å². The van der Waals surface area contributed by atoms with Crippen LogP contribution in [0.3, 0.4) is 0 Å². The van der Waals surface area contributed by atoms with E-state index < -0.39 is 0 Å². The van der Waals surface area contributed by atoms with E-state index in [4.69, 9.17) is 0 Å². The van der Waals surface area contributed by atoms with Gasteiger partial charge in [0, 0.05) is 19.1 Å². The monoisotopic (exact) mass is 332 g/mol. The summed E-state index contributed by atoms with van der Waals surface area (Å²) in [6, 6.07) is 10.1. The molecule has 0 saturated heterocycles. The van der Waals surface area contributed by atoms with Gasteiger partial charge in [-0.2, -0.15) is 0 Å². The second-order valence-corrected chi connectivity index (χ2v) is 5.47. The number of carbonyl (C=O) groups excluding carboxylic acids is 2. The second-order valence-electron chi connectivity index (χ2n) is 5.47. The summed E-state index contributed by atoms with van der Waals surface area (Å²) in [4.78, 5) is 23.6. The fourth-order valence-corrected chi connectivity index (χ4v) is 2.18. The first-order valence-electron chi connectivity index (χ1n) is 8.30. The van der Waals surface area contributed by atoms with E-state index in [-0.39, 0.29) is 30.9 Å². The molecule has 1 unspecified atom stereocenters. The van der Waals surface area contributed by atoms with E-state index in [1.165, 1.54) is 5.56 Å². The maximum atomic E-state index is 12.0. The van der Waals surface area contributed by atoms with Crippen LogP contribution in [0.4, 0.5) is 0 Å². The van der Waals surface area contributed by atoms with E-state index >= 15 is 0 Å². The number of hydrogen-bond donors (Lipinski definition) is 4. The van der Waals surface area contributed by atoms with Crippen LogP contribution in [0, 0.1) is 0 Å². The third-order valence-corrected chi connectivity index (χ3v) is 3.50. The van der Waals surface area contributed by atoms with Gasteiger partial charge in [0.15, 0.2) is 0 Å². The lowest BCUT2D eigenvalue weighted by molar-refractivity contribution is -0.126. The molecule has 1 atom stereocenters. The minimum Gasteiger partial charge on any atom is -0.390 e. The van der Waals surface area contributed by atoms with Crippen molar-refractivity contribution in [1.82, 2.24) is 21.3 Å². The Morgan fingerprint density at radius 3 is 2.54 bits per heavy atom. The van der Waals surface area contributed by atoms with Gasteiger partial charge in [-0.3, -0.25) is 9.59 Å². The molecule has 0 spiro atoms. The van der Waals surface area contributed by atoms with E-state index in [9.17, 15) is 9.59 Å². The third kappa shape index (κ3) is 8.95. The van der Waals surface area contributed by atoms with Gasteiger partial charge in [-0.25, -0.2) is 0 Å².